The van der Waals surface area contributed by atoms with Gasteiger partial charge in [0.15, 0.2) is 0 Å². The average Bonchev–Trinajstić information content (AvgIpc) is 1.97. The van der Waals surface area contributed by atoms with E-state index >= 15 is 0 Å². The lowest BCUT2D eigenvalue weighted by molar-refractivity contribution is -0.123. The number of piperidine rings is 1. The molecule has 2 aliphatic heterocycles. The van der Waals surface area contributed by atoms with E-state index in [0.29, 0.717) is 18.0 Å². The molecular weight excluding hydrogens is 178 g/mol. The van der Waals surface area contributed by atoms with Crippen molar-refractivity contribution in [2.45, 2.75) is 49.8 Å². The summed E-state index contributed by atoms with van der Waals surface area (Å²) >= 11 is 0. The molecule has 2 bridgehead atoms. The predicted octanol–water partition coefficient (Wildman–Crippen LogP) is 0.668. The zero-order valence-electron chi connectivity index (χ0n) is 8.54. The highest BCUT2D eigenvalue weighted by Crippen LogP contribution is 2.43. The second-order valence-corrected chi connectivity index (χ2v) is 5.24. The Kier molecular flexibility index (Phi) is 2.08. The summed E-state index contributed by atoms with van der Waals surface area (Å²) < 4.78 is 5.49. The molecule has 80 valence electrons. The Hall–Kier alpha value is -0.120. The number of aliphatic hydroxyl groups is 1. The molecule has 2 unspecified atom stereocenters. The summed E-state index contributed by atoms with van der Waals surface area (Å²) in [5, 5.41) is 14.1. The van der Waals surface area contributed by atoms with Crippen LogP contribution in [0.25, 0.3) is 0 Å². The summed E-state index contributed by atoms with van der Waals surface area (Å²) in [6, 6.07) is 0.793. The van der Waals surface area contributed by atoms with Crippen LogP contribution in [0.4, 0.5) is 0 Å². The third-order valence-electron chi connectivity index (χ3n) is 4.17. The SMILES string of the molecule is OC1(C2CCC2)CC2COCC(C1)N2. The smallest absolute Gasteiger partial charge is 0.0707 e. The van der Waals surface area contributed by atoms with E-state index in [0.717, 1.165) is 26.1 Å². The minimum atomic E-state index is -0.372. The molecule has 3 nitrogen and oxygen atoms in total. The molecule has 3 aliphatic rings. The Balaban J connectivity index is 1.74. The molecule has 0 amide bonds. The van der Waals surface area contributed by atoms with E-state index in [2.05, 4.69) is 5.32 Å². The van der Waals surface area contributed by atoms with Gasteiger partial charge in [0.1, 0.15) is 0 Å². The molecule has 2 heterocycles. The van der Waals surface area contributed by atoms with Crippen LogP contribution in [0.15, 0.2) is 0 Å². The van der Waals surface area contributed by atoms with Crippen LogP contribution in [0, 0.1) is 5.92 Å². The Morgan fingerprint density at radius 3 is 2.29 bits per heavy atom. The van der Waals surface area contributed by atoms with E-state index in [1.165, 1.54) is 19.3 Å². The third-order valence-corrected chi connectivity index (χ3v) is 4.17. The molecule has 2 N–H and O–H groups in total. The van der Waals surface area contributed by atoms with Gasteiger partial charge in [-0.2, -0.15) is 0 Å². The maximum atomic E-state index is 10.6. The molecule has 3 rings (SSSR count). The molecule has 0 aromatic rings. The minimum absolute atomic E-state index is 0.372. The highest BCUT2D eigenvalue weighted by atomic mass is 16.5. The van der Waals surface area contributed by atoms with Gasteiger partial charge in [0, 0.05) is 12.1 Å². The summed E-state index contributed by atoms with van der Waals surface area (Å²) in [5.74, 6) is 0.577. The van der Waals surface area contributed by atoms with E-state index < -0.39 is 0 Å². The van der Waals surface area contributed by atoms with Gasteiger partial charge in [-0.3, -0.25) is 0 Å². The van der Waals surface area contributed by atoms with E-state index in [9.17, 15) is 5.11 Å². The first-order valence-electron chi connectivity index (χ1n) is 5.82. The lowest BCUT2D eigenvalue weighted by Crippen LogP contribution is -2.62. The monoisotopic (exact) mass is 197 g/mol. The van der Waals surface area contributed by atoms with Crippen molar-refractivity contribution >= 4 is 0 Å². The quantitative estimate of drug-likeness (QED) is 0.649. The van der Waals surface area contributed by atoms with Crippen LogP contribution in [0.3, 0.4) is 0 Å². The number of rotatable bonds is 1. The fourth-order valence-corrected chi connectivity index (χ4v) is 3.23. The molecule has 2 atom stereocenters. The van der Waals surface area contributed by atoms with Gasteiger partial charge < -0.3 is 15.2 Å². The number of ether oxygens (including phenoxy) is 1. The van der Waals surface area contributed by atoms with Crippen molar-refractivity contribution in [3.05, 3.63) is 0 Å². The molecule has 3 fully saturated rings. The van der Waals surface area contributed by atoms with E-state index in [1.54, 1.807) is 0 Å². The van der Waals surface area contributed by atoms with E-state index in [4.69, 9.17) is 4.74 Å². The number of fused-ring (bicyclic) bond motifs is 2. The number of nitrogens with one attached hydrogen (secondary N) is 1. The van der Waals surface area contributed by atoms with Crippen molar-refractivity contribution in [1.82, 2.24) is 5.32 Å². The van der Waals surface area contributed by atoms with Crippen LogP contribution < -0.4 is 5.32 Å². The largest absolute Gasteiger partial charge is 0.389 e. The molecule has 1 saturated carbocycles. The van der Waals surface area contributed by atoms with Crippen molar-refractivity contribution < 1.29 is 9.84 Å². The first kappa shape index (κ1) is 9.13. The van der Waals surface area contributed by atoms with E-state index in [-0.39, 0.29) is 5.60 Å². The van der Waals surface area contributed by atoms with Gasteiger partial charge in [0.2, 0.25) is 0 Å². The molecule has 2 saturated heterocycles. The van der Waals surface area contributed by atoms with Crippen LogP contribution in [0.1, 0.15) is 32.1 Å². The lowest BCUT2D eigenvalue weighted by atomic mass is 9.66. The van der Waals surface area contributed by atoms with E-state index in [1.807, 2.05) is 0 Å². The van der Waals surface area contributed by atoms with Crippen molar-refractivity contribution in [3.63, 3.8) is 0 Å². The van der Waals surface area contributed by atoms with Crippen LogP contribution in [-0.2, 0) is 4.74 Å². The lowest BCUT2D eigenvalue weighted by Gasteiger charge is -2.50. The van der Waals surface area contributed by atoms with Crippen LogP contribution >= 0.6 is 0 Å². The number of hydrogen-bond acceptors (Lipinski definition) is 3. The second-order valence-electron chi connectivity index (χ2n) is 5.24. The van der Waals surface area contributed by atoms with Gasteiger partial charge >= 0.3 is 0 Å². The molecule has 0 spiro atoms. The summed E-state index contributed by atoms with van der Waals surface area (Å²) in [7, 11) is 0. The van der Waals surface area contributed by atoms with Crippen LogP contribution in [0.5, 0.6) is 0 Å². The maximum Gasteiger partial charge on any atom is 0.0707 e. The first-order valence-corrected chi connectivity index (χ1v) is 5.82. The Morgan fingerprint density at radius 2 is 1.79 bits per heavy atom. The average molecular weight is 197 g/mol. The summed E-state index contributed by atoms with van der Waals surface area (Å²) in [6.45, 7) is 1.57. The summed E-state index contributed by atoms with van der Waals surface area (Å²) in [5.41, 5.74) is -0.372. The molecule has 0 radical (unpaired) electrons. The van der Waals surface area contributed by atoms with Gasteiger partial charge in [0.25, 0.3) is 0 Å². The fraction of sp³-hybridized carbons (Fsp3) is 1.00. The zero-order chi connectivity index (χ0) is 9.60. The molecule has 0 aromatic heterocycles. The predicted molar refractivity (Wildman–Crippen MR) is 53.1 cm³/mol. The van der Waals surface area contributed by atoms with Gasteiger partial charge in [-0.1, -0.05) is 6.42 Å². The first-order chi connectivity index (χ1) is 6.76. The fourth-order valence-electron chi connectivity index (χ4n) is 3.23. The van der Waals surface area contributed by atoms with Crippen molar-refractivity contribution in [1.29, 1.82) is 0 Å². The topological polar surface area (TPSA) is 41.5 Å². The molecule has 14 heavy (non-hydrogen) atoms. The van der Waals surface area contributed by atoms with Gasteiger partial charge in [-0.15, -0.1) is 0 Å². The minimum Gasteiger partial charge on any atom is -0.389 e. The Morgan fingerprint density at radius 1 is 1.14 bits per heavy atom. The van der Waals surface area contributed by atoms with Crippen LogP contribution in [-0.4, -0.2) is 36.0 Å². The highest BCUT2D eigenvalue weighted by molar-refractivity contribution is 5.02. The molecular formula is C11H19NO2. The summed E-state index contributed by atoms with van der Waals surface area (Å²) in [4.78, 5) is 0. The van der Waals surface area contributed by atoms with Crippen molar-refractivity contribution in [2.75, 3.05) is 13.2 Å². The molecule has 1 aliphatic carbocycles. The van der Waals surface area contributed by atoms with Gasteiger partial charge in [-0.25, -0.2) is 0 Å². The maximum absolute atomic E-state index is 10.6. The normalized spacial score (nSPS) is 48.6. The van der Waals surface area contributed by atoms with Crippen molar-refractivity contribution in [3.8, 4) is 0 Å². The molecule has 0 aromatic carbocycles. The zero-order valence-corrected chi connectivity index (χ0v) is 8.54. The standard InChI is InChI=1S/C11H19NO2/c13-11(8-2-1-3-8)4-9-6-14-7-10(5-11)12-9/h8-10,12-13H,1-7H2. The van der Waals surface area contributed by atoms with Crippen molar-refractivity contribution in [2.24, 2.45) is 5.92 Å². The van der Waals surface area contributed by atoms with Gasteiger partial charge in [0.05, 0.1) is 18.8 Å². The Bertz CT molecular complexity index is 215. The number of morpholine rings is 1. The summed E-state index contributed by atoms with van der Waals surface area (Å²) in [6.07, 6.45) is 5.57. The number of hydrogen-bond donors (Lipinski definition) is 2. The third kappa shape index (κ3) is 1.38. The van der Waals surface area contributed by atoms with Crippen LogP contribution in [0.2, 0.25) is 0 Å². The Labute approximate surface area is 84.8 Å². The highest BCUT2D eigenvalue weighted by Gasteiger charge is 2.47. The van der Waals surface area contributed by atoms with Gasteiger partial charge in [-0.05, 0) is 31.6 Å². The molecule has 3 heteroatoms. The second kappa shape index (κ2) is 3.19.